The van der Waals surface area contributed by atoms with Crippen molar-refractivity contribution < 1.29 is 14.6 Å². The van der Waals surface area contributed by atoms with Gasteiger partial charge in [0.15, 0.2) is 0 Å². The van der Waals surface area contributed by atoms with E-state index >= 15 is 0 Å². The van der Waals surface area contributed by atoms with Crippen LogP contribution in [0.25, 0.3) is 0 Å². The number of hydrogen-bond acceptors (Lipinski definition) is 3. The minimum absolute atomic E-state index is 0.110. The number of aromatic hydroxyl groups is 1. The lowest BCUT2D eigenvalue weighted by Gasteiger charge is -2.06. The summed E-state index contributed by atoms with van der Waals surface area (Å²) in [6, 6.07) is 4.50. The zero-order valence-electron chi connectivity index (χ0n) is 9.20. The standard InChI is InChI=1S/C12H13NO3/c1-3-4-7-13-12(15)10-6-5-9(16-2)8-11(10)14/h5-6,8,14H,7H2,1-2H3,(H,13,15). The predicted molar refractivity (Wildman–Crippen MR) is 60.4 cm³/mol. The maximum atomic E-state index is 11.6. The molecule has 0 aromatic heterocycles. The van der Waals surface area contributed by atoms with E-state index in [1.54, 1.807) is 13.0 Å². The van der Waals surface area contributed by atoms with Crippen molar-refractivity contribution in [3.63, 3.8) is 0 Å². The van der Waals surface area contributed by atoms with Crippen molar-refractivity contribution in [2.75, 3.05) is 13.7 Å². The Morgan fingerprint density at radius 2 is 2.31 bits per heavy atom. The summed E-state index contributed by atoms with van der Waals surface area (Å²) < 4.78 is 4.91. The molecule has 1 aromatic carbocycles. The van der Waals surface area contributed by atoms with Crippen molar-refractivity contribution >= 4 is 5.91 Å². The fourth-order valence-electron chi connectivity index (χ4n) is 1.14. The molecular formula is C12H13NO3. The number of carbonyl (C=O) groups excluding carboxylic acids is 1. The maximum absolute atomic E-state index is 11.6. The number of methoxy groups -OCH3 is 1. The van der Waals surface area contributed by atoms with Gasteiger partial charge in [-0.1, -0.05) is 5.92 Å². The molecule has 0 aliphatic rings. The van der Waals surface area contributed by atoms with E-state index in [1.807, 2.05) is 0 Å². The topological polar surface area (TPSA) is 58.6 Å². The minimum atomic E-state index is -0.358. The van der Waals surface area contributed by atoms with E-state index in [9.17, 15) is 9.90 Å². The molecule has 0 aliphatic carbocycles. The lowest BCUT2D eigenvalue weighted by Crippen LogP contribution is -2.23. The van der Waals surface area contributed by atoms with Gasteiger partial charge in [0.2, 0.25) is 0 Å². The summed E-state index contributed by atoms with van der Waals surface area (Å²) in [5.41, 5.74) is 0.207. The van der Waals surface area contributed by atoms with E-state index in [0.29, 0.717) is 5.75 Å². The van der Waals surface area contributed by atoms with Crippen molar-refractivity contribution in [1.29, 1.82) is 0 Å². The van der Waals surface area contributed by atoms with Crippen LogP contribution in [0.1, 0.15) is 17.3 Å². The second kappa shape index (κ2) is 5.66. The lowest BCUT2D eigenvalue weighted by molar-refractivity contribution is 0.0956. The van der Waals surface area contributed by atoms with E-state index in [4.69, 9.17) is 4.74 Å². The van der Waals surface area contributed by atoms with Crippen molar-refractivity contribution in [3.05, 3.63) is 23.8 Å². The second-order valence-electron chi connectivity index (χ2n) is 2.99. The number of hydrogen-bond donors (Lipinski definition) is 2. The lowest BCUT2D eigenvalue weighted by atomic mass is 10.2. The molecule has 0 radical (unpaired) electrons. The summed E-state index contributed by atoms with van der Waals surface area (Å²) >= 11 is 0. The Morgan fingerprint density at radius 1 is 1.56 bits per heavy atom. The second-order valence-corrected chi connectivity index (χ2v) is 2.99. The first kappa shape index (κ1) is 11.9. The van der Waals surface area contributed by atoms with Crippen molar-refractivity contribution in [1.82, 2.24) is 5.32 Å². The van der Waals surface area contributed by atoms with Gasteiger partial charge in [-0.2, -0.15) is 0 Å². The van der Waals surface area contributed by atoms with Gasteiger partial charge in [-0.15, -0.1) is 5.92 Å². The molecule has 0 atom stereocenters. The number of phenolic OH excluding ortho intramolecular Hbond substituents is 1. The third kappa shape index (κ3) is 2.92. The van der Waals surface area contributed by atoms with Gasteiger partial charge in [0.25, 0.3) is 5.91 Å². The molecule has 4 nitrogen and oxygen atoms in total. The Morgan fingerprint density at radius 3 is 2.88 bits per heavy atom. The summed E-state index contributed by atoms with van der Waals surface area (Å²) in [5.74, 6) is 5.40. The average molecular weight is 219 g/mol. The van der Waals surface area contributed by atoms with Crippen LogP contribution in [0.2, 0.25) is 0 Å². The zero-order chi connectivity index (χ0) is 12.0. The van der Waals surface area contributed by atoms with Crippen LogP contribution in [0.3, 0.4) is 0 Å². The highest BCUT2D eigenvalue weighted by Crippen LogP contribution is 2.22. The number of benzene rings is 1. The molecule has 0 unspecified atom stereocenters. The molecule has 0 saturated carbocycles. The SMILES string of the molecule is CC#CCNC(=O)c1ccc(OC)cc1O. The van der Waals surface area contributed by atoms with Crippen LogP contribution in [-0.2, 0) is 0 Å². The largest absolute Gasteiger partial charge is 0.507 e. The van der Waals surface area contributed by atoms with Crippen molar-refractivity contribution in [2.45, 2.75) is 6.92 Å². The Bertz CT molecular complexity index is 443. The Labute approximate surface area is 94.2 Å². The molecular weight excluding hydrogens is 206 g/mol. The fraction of sp³-hybridized carbons (Fsp3) is 0.250. The highest BCUT2D eigenvalue weighted by atomic mass is 16.5. The maximum Gasteiger partial charge on any atom is 0.255 e. The van der Waals surface area contributed by atoms with Crippen LogP contribution in [0.15, 0.2) is 18.2 Å². The normalized spacial score (nSPS) is 8.88. The zero-order valence-corrected chi connectivity index (χ0v) is 9.20. The molecule has 0 fully saturated rings. The molecule has 0 aliphatic heterocycles. The molecule has 0 spiro atoms. The van der Waals surface area contributed by atoms with Crippen LogP contribution in [0.5, 0.6) is 11.5 Å². The van der Waals surface area contributed by atoms with Crippen molar-refractivity contribution in [2.24, 2.45) is 0 Å². The van der Waals surface area contributed by atoms with Crippen LogP contribution in [0.4, 0.5) is 0 Å². The molecule has 1 amide bonds. The van der Waals surface area contributed by atoms with E-state index in [1.165, 1.54) is 19.2 Å². The number of phenols is 1. The predicted octanol–water partition coefficient (Wildman–Crippen LogP) is 1.15. The number of rotatable bonds is 3. The summed E-state index contributed by atoms with van der Waals surface area (Å²) in [6.07, 6.45) is 0. The smallest absolute Gasteiger partial charge is 0.255 e. The third-order valence-corrected chi connectivity index (χ3v) is 1.96. The molecule has 0 bridgehead atoms. The number of nitrogens with one attached hydrogen (secondary N) is 1. The first-order valence-electron chi connectivity index (χ1n) is 4.74. The van der Waals surface area contributed by atoms with Crippen LogP contribution in [0, 0.1) is 11.8 Å². The van der Waals surface area contributed by atoms with Crippen molar-refractivity contribution in [3.8, 4) is 23.3 Å². The van der Waals surface area contributed by atoms with Crippen LogP contribution in [-0.4, -0.2) is 24.7 Å². The molecule has 1 rings (SSSR count). The molecule has 2 N–H and O–H groups in total. The highest BCUT2D eigenvalue weighted by Gasteiger charge is 2.10. The van der Waals surface area contributed by atoms with Gasteiger partial charge in [-0.05, 0) is 19.1 Å². The molecule has 4 heteroatoms. The number of ether oxygens (including phenoxy) is 1. The Hall–Kier alpha value is -2.15. The van der Waals surface area contributed by atoms with E-state index in [0.717, 1.165) is 0 Å². The quantitative estimate of drug-likeness (QED) is 0.750. The Balaban J connectivity index is 2.78. The first-order chi connectivity index (χ1) is 7.69. The Kier molecular flexibility index (Phi) is 4.22. The monoisotopic (exact) mass is 219 g/mol. The van der Waals surface area contributed by atoms with E-state index < -0.39 is 0 Å². The van der Waals surface area contributed by atoms with Gasteiger partial charge >= 0.3 is 0 Å². The first-order valence-corrected chi connectivity index (χ1v) is 4.74. The van der Waals surface area contributed by atoms with Gasteiger partial charge in [-0.25, -0.2) is 0 Å². The van der Waals surface area contributed by atoms with Gasteiger partial charge in [-0.3, -0.25) is 4.79 Å². The highest BCUT2D eigenvalue weighted by molar-refractivity contribution is 5.97. The summed E-state index contributed by atoms with van der Waals surface area (Å²) in [5, 5.41) is 12.1. The molecule has 16 heavy (non-hydrogen) atoms. The van der Waals surface area contributed by atoms with Gasteiger partial charge in [0, 0.05) is 6.07 Å². The summed E-state index contributed by atoms with van der Waals surface area (Å²) in [6.45, 7) is 1.96. The van der Waals surface area contributed by atoms with Gasteiger partial charge in [0.1, 0.15) is 11.5 Å². The van der Waals surface area contributed by atoms with E-state index in [2.05, 4.69) is 17.2 Å². The summed E-state index contributed by atoms with van der Waals surface area (Å²) in [7, 11) is 1.49. The average Bonchev–Trinajstić information content (AvgIpc) is 2.29. The molecule has 84 valence electrons. The molecule has 1 aromatic rings. The molecule has 0 heterocycles. The number of carbonyl (C=O) groups is 1. The summed E-state index contributed by atoms with van der Waals surface area (Å²) in [4.78, 5) is 11.6. The third-order valence-electron chi connectivity index (χ3n) is 1.96. The minimum Gasteiger partial charge on any atom is -0.507 e. The van der Waals surface area contributed by atoms with E-state index in [-0.39, 0.29) is 23.8 Å². The van der Waals surface area contributed by atoms with Crippen LogP contribution >= 0.6 is 0 Å². The number of amides is 1. The van der Waals surface area contributed by atoms with Gasteiger partial charge < -0.3 is 15.2 Å². The molecule has 0 saturated heterocycles. The van der Waals surface area contributed by atoms with Gasteiger partial charge in [0.05, 0.1) is 19.2 Å². The van der Waals surface area contributed by atoms with Crippen LogP contribution < -0.4 is 10.1 Å². The fourth-order valence-corrected chi connectivity index (χ4v) is 1.14.